The fourth-order valence-corrected chi connectivity index (χ4v) is 1.15. The van der Waals surface area contributed by atoms with E-state index in [9.17, 15) is 10.2 Å². The normalized spacial score (nSPS) is 45.5. The Labute approximate surface area is 81.3 Å². The highest BCUT2D eigenvalue weighted by Gasteiger charge is 2.43. The van der Waals surface area contributed by atoms with Crippen LogP contribution in [0.15, 0.2) is 0 Å². The monoisotopic (exact) mass is 221 g/mol. The predicted octanol–water partition coefficient (Wildman–Crippen LogP) is -6.97. The Morgan fingerprint density at radius 1 is 1.15 bits per heavy atom. The number of rotatable bonds is 1. The van der Waals surface area contributed by atoms with E-state index >= 15 is 0 Å². The van der Waals surface area contributed by atoms with Crippen molar-refractivity contribution in [2.24, 2.45) is 0 Å². The van der Waals surface area contributed by atoms with Crippen LogP contribution >= 0.6 is 0 Å². The third kappa shape index (κ3) is 2.50. The van der Waals surface area contributed by atoms with Crippen LogP contribution in [0.4, 0.5) is 0 Å². The zero-order valence-corrected chi connectivity index (χ0v) is 7.63. The number of ether oxygens (including phenoxy) is 1. The number of aliphatic hydroxyl groups is 4. The molecule has 1 aliphatic heterocycles. The molecule has 1 heterocycles. The van der Waals surface area contributed by atoms with Crippen LogP contribution in [0.5, 0.6) is 0 Å². The number of hydrogen-bond acceptors (Lipinski definition) is 5. The molecule has 0 aliphatic carbocycles. The maximum absolute atomic E-state index is 9.25. The molecule has 0 aromatic heterocycles. The van der Waals surface area contributed by atoms with Crippen LogP contribution in [-0.4, -0.2) is 57.7 Å². The van der Waals surface area contributed by atoms with E-state index < -0.39 is 37.3 Å². The molecule has 0 radical (unpaired) electrons. The summed E-state index contributed by atoms with van der Waals surface area (Å²) in [7, 11) is 0. The second-order valence-corrected chi connectivity index (χ2v) is 2.89. The van der Waals surface area contributed by atoms with Crippen LogP contribution in [0, 0.1) is 0 Å². The van der Waals surface area contributed by atoms with Crippen molar-refractivity contribution in [1.82, 2.24) is 0 Å². The van der Waals surface area contributed by atoms with Crippen LogP contribution in [-0.2, 0) is 4.74 Å². The van der Waals surface area contributed by atoms with Gasteiger partial charge in [-0.1, -0.05) is 0 Å². The van der Waals surface area contributed by atoms with E-state index in [1.807, 2.05) is 0 Å². The Morgan fingerprint density at radius 3 is 2.15 bits per heavy atom. The minimum Gasteiger partial charge on any atom is -1.00 e. The first-order valence-electron chi connectivity index (χ1n) is 3.71. The topological polar surface area (TPSA) is 118 Å². The molecular weight excluding hydrogens is 207 g/mol. The molecule has 6 nitrogen and oxygen atoms in total. The van der Waals surface area contributed by atoms with Gasteiger partial charge in [0.25, 0.3) is 0 Å². The average molecular weight is 222 g/mol. The fraction of sp³-hybridized carbons (Fsp3) is 1.00. The lowest BCUT2D eigenvalue weighted by molar-refractivity contribution is -0.497. The van der Waals surface area contributed by atoms with Gasteiger partial charge in [-0.25, -0.2) is 0 Å². The summed E-state index contributed by atoms with van der Waals surface area (Å²) in [4.78, 5) is 0. The van der Waals surface area contributed by atoms with Gasteiger partial charge in [0.05, 0.1) is 6.61 Å². The molecule has 1 unspecified atom stereocenters. The van der Waals surface area contributed by atoms with Crippen molar-refractivity contribution in [2.45, 2.75) is 30.6 Å². The lowest BCUT2D eigenvalue weighted by atomic mass is 10.9. The molecule has 1 aliphatic rings. The van der Waals surface area contributed by atoms with Gasteiger partial charge in [-0.05, 0) is 0 Å². The van der Waals surface area contributed by atoms with E-state index in [0.717, 1.165) is 0 Å². The van der Waals surface area contributed by atoms with Crippen molar-refractivity contribution in [3.8, 4) is 0 Å². The third-order valence-electron chi connectivity index (χ3n) is 2.03. The fourth-order valence-electron chi connectivity index (χ4n) is 1.15. The zero-order valence-electron chi connectivity index (χ0n) is 6.88. The summed E-state index contributed by atoms with van der Waals surface area (Å²) >= 11 is 0. The largest absolute Gasteiger partial charge is 1.00 e. The molecule has 7 N–H and O–H groups in total. The first-order chi connectivity index (χ1) is 5.57. The summed E-state index contributed by atoms with van der Waals surface area (Å²) in [6.07, 6.45) is -4.53. The van der Waals surface area contributed by atoms with Gasteiger partial charge in [-0.2, -0.15) is 0 Å². The lowest BCUT2D eigenvalue weighted by Gasteiger charge is -2.36. The molecule has 1 rings (SSSR count). The highest BCUT2D eigenvalue weighted by Crippen LogP contribution is 2.16. The summed E-state index contributed by atoms with van der Waals surface area (Å²) in [6.45, 7) is -0.442. The van der Waals surface area contributed by atoms with Gasteiger partial charge in [0.15, 0.2) is 6.04 Å². The van der Waals surface area contributed by atoms with E-state index in [-0.39, 0.29) is 12.4 Å². The molecular formula is C6H14ClNO5. The lowest BCUT2D eigenvalue weighted by Crippen LogP contribution is -3.00. The molecule has 13 heavy (non-hydrogen) atoms. The molecule has 0 aromatic carbocycles. The van der Waals surface area contributed by atoms with Gasteiger partial charge in [0.1, 0.15) is 18.3 Å². The Kier molecular flexibility index (Phi) is 5.08. The minimum atomic E-state index is -1.24. The van der Waals surface area contributed by atoms with Crippen molar-refractivity contribution in [1.29, 1.82) is 0 Å². The van der Waals surface area contributed by atoms with Crippen molar-refractivity contribution in [2.75, 3.05) is 6.61 Å². The molecule has 0 saturated carbocycles. The van der Waals surface area contributed by atoms with Crippen molar-refractivity contribution < 1.29 is 43.3 Å². The van der Waals surface area contributed by atoms with Crippen LogP contribution in [0.1, 0.15) is 0 Å². The Balaban J connectivity index is 0.00000144. The first-order valence-corrected chi connectivity index (χ1v) is 3.71. The predicted molar refractivity (Wildman–Crippen MR) is 36.7 cm³/mol. The summed E-state index contributed by atoms with van der Waals surface area (Å²) in [5, 5.41) is 36.3. The average Bonchev–Trinajstić information content (AvgIpc) is 2.08. The highest BCUT2D eigenvalue weighted by atomic mass is 35.5. The van der Waals surface area contributed by atoms with Crippen LogP contribution in [0.3, 0.4) is 0 Å². The van der Waals surface area contributed by atoms with Gasteiger partial charge in [-0.15, -0.1) is 0 Å². The van der Waals surface area contributed by atoms with Crippen LogP contribution in [0.25, 0.3) is 0 Å². The number of quaternary nitrogens is 1. The molecule has 1 saturated heterocycles. The van der Waals surface area contributed by atoms with Crippen molar-refractivity contribution in [3.05, 3.63) is 0 Å². The smallest absolute Gasteiger partial charge is 0.211 e. The summed E-state index contributed by atoms with van der Waals surface area (Å²) in [6, 6.07) is -0.789. The van der Waals surface area contributed by atoms with E-state index in [4.69, 9.17) is 14.9 Å². The van der Waals surface area contributed by atoms with Gasteiger partial charge >= 0.3 is 0 Å². The molecule has 0 aromatic rings. The maximum atomic E-state index is 9.25. The first kappa shape index (κ1) is 13.1. The highest BCUT2D eigenvalue weighted by molar-refractivity contribution is 4.87. The number of halogens is 1. The van der Waals surface area contributed by atoms with Gasteiger partial charge < -0.3 is 43.3 Å². The summed E-state index contributed by atoms with van der Waals surface area (Å²) in [5.41, 5.74) is 3.41. The third-order valence-corrected chi connectivity index (χ3v) is 2.03. The number of hydrogen-bond donors (Lipinski definition) is 5. The van der Waals surface area contributed by atoms with E-state index in [1.165, 1.54) is 0 Å². The molecule has 0 spiro atoms. The van der Waals surface area contributed by atoms with Crippen LogP contribution in [0.2, 0.25) is 0 Å². The Hall–Kier alpha value is 0.0500. The minimum absolute atomic E-state index is 0. The second kappa shape index (κ2) is 5.06. The van der Waals surface area contributed by atoms with E-state index in [0.29, 0.717) is 0 Å². The zero-order chi connectivity index (χ0) is 9.30. The number of aliphatic hydroxyl groups excluding tert-OH is 4. The van der Waals surface area contributed by atoms with Gasteiger partial charge in [-0.3, -0.25) is 0 Å². The van der Waals surface area contributed by atoms with Crippen LogP contribution < -0.4 is 18.1 Å². The molecule has 1 fully saturated rings. The molecule has 7 heteroatoms. The van der Waals surface area contributed by atoms with Gasteiger partial charge in [0.2, 0.25) is 6.29 Å². The molecule has 80 valence electrons. The van der Waals surface area contributed by atoms with Crippen molar-refractivity contribution in [3.63, 3.8) is 0 Å². The second-order valence-electron chi connectivity index (χ2n) is 2.89. The van der Waals surface area contributed by atoms with E-state index in [1.54, 1.807) is 0 Å². The Morgan fingerprint density at radius 2 is 1.69 bits per heavy atom. The van der Waals surface area contributed by atoms with Gasteiger partial charge in [0, 0.05) is 0 Å². The quantitative estimate of drug-likeness (QED) is 0.282. The Bertz CT molecular complexity index is 155. The standard InChI is InChI=1S/C6H13NO5.ClH/c7-3-5(10)4(9)2(1-8)12-6(3)11;/h2-6,8-11H,1,7H2;1H/t2-,3-,4-,5-,6?;/m1./s1/i1+1,2+1,3+1,4+1,5+1,6+1;. The maximum Gasteiger partial charge on any atom is 0.211 e. The summed E-state index contributed by atoms with van der Waals surface area (Å²) in [5.74, 6) is 0. The summed E-state index contributed by atoms with van der Waals surface area (Å²) < 4.78 is 4.76. The van der Waals surface area contributed by atoms with Crippen molar-refractivity contribution >= 4 is 0 Å². The SMILES string of the molecule is [Cl-].[NH3+][13C@H]1[13CH](O)O[13C@H]([13CH2]O)[13C@@H](O)[13C@@H]1O. The molecule has 0 amide bonds. The molecule has 0 bridgehead atoms. The molecule has 5 atom stereocenters. The van der Waals surface area contributed by atoms with E-state index in [2.05, 4.69) is 5.73 Å².